The Morgan fingerprint density at radius 3 is 2.42 bits per heavy atom. The van der Waals surface area contributed by atoms with Crippen LogP contribution >= 0.6 is 0 Å². The van der Waals surface area contributed by atoms with E-state index < -0.39 is 20.9 Å². The zero-order valence-corrected chi connectivity index (χ0v) is 13.8. The molecular weight excluding hydrogens is 334 g/mol. The van der Waals surface area contributed by atoms with Crippen LogP contribution in [0, 0.1) is 24.0 Å². The Morgan fingerprint density at radius 1 is 1.17 bits per heavy atom. The molecule has 126 valence electrons. The molecule has 0 radical (unpaired) electrons. The van der Waals surface area contributed by atoms with E-state index >= 15 is 0 Å². The molecule has 0 aliphatic carbocycles. The molecule has 3 N–H and O–H groups in total. The first-order valence-corrected chi connectivity index (χ1v) is 8.29. The molecule has 0 spiro atoms. The molecule has 0 aliphatic heterocycles. The molecule has 24 heavy (non-hydrogen) atoms. The van der Waals surface area contributed by atoms with Crippen molar-refractivity contribution in [3.8, 4) is 0 Å². The van der Waals surface area contributed by atoms with Crippen molar-refractivity contribution in [1.29, 1.82) is 0 Å². The third-order valence-electron chi connectivity index (χ3n) is 3.46. The predicted molar refractivity (Wildman–Crippen MR) is 88.3 cm³/mol. The maximum atomic E-state index is 12.5. The lowest BCUT2D eigenvalue weighted by Crippen LogP contribution is -2.19. The fourth-order valence-corrected chi connectivity index (χ4v) is 3.33. The standard InChI is InChI=1S/C15H15N3O5S/c1-9-6-7-11(8-13(9)18(20)21)24(22,23)17-14-10(2)4-3-5-12(14)15(16)19/h3-8,17H,1-2H3,(H2,16,19). The van der Waals surface area contributed by atoms with Crippen molar-refractivity contribution in [3.63, 3.8) is 0 Å². The van der Waals surface area contributed by atoms with Gasteiger partial charge in [0.2, 0.25) is 0 Å². The van der Waals surface area contributed by atoms with Gasteiger partial charge in [0.25, 0.3) is 21.6 Å². The second kappa shape index (κ2) is 6.28. The number of hydrogen-bond donors (Lipinski definition) is 2. The van der Waals surface area contributed by atoms with Crippen molar-refractivity contribution >= 4 is 27.3 Å². The lowest BCUT2D eigenvalue weighted by atomic mass is 10.1. The number of anilines is 1. The van der Waals surface area contributed by atoms with Crippen LogP contribution in [0.3, 0.4) is 0 Å². The van der Waals surface area contributed by atoms with Gasteiger partial charge in [-0.2, -0.15) is 0 Å². The van der Waals surface area contributed by atoms with Crippen molar-refractivity contribution < 1.29 is 18.1 Å². The molecule has 0 aromatic heterocycles. The van der Waals surface area contributed by atoms with Crippen LogP contribution in [0.1, 0.15) is 21.5 Å². The number of nitro groups is 1. The Hall–Kier alpha value is -2.94. The Morgan fingerprint density at radius 2 is 1.83 bits per heavy atom. The number of para-hydroxylation sites is 1. The fourth-order valence-electron chi connectivity index (χ4n) is 2.15. The number of carbonyl (C=O) groups is 1. The zero-order valence-electron chi connectivity index (χ0n) is 12.9. The van der Waals surface area contributed by atoms with Crippen LogP contribution in [0.5, 0.6) is 0 Å². The molecule has 8 nitrogen and oxygen atoms in total. The van der Waals surface area contributed by atoms with Gasteiger partial charge in [0, 0.05) is 11.6 Å². The van der Waals surface area contributed by atoms with Gasteiger partial charge >= 0.3 is 0 Å². The van der Waals surface area contributed by atoms with E-state index in [0.29, 0.717) is 11.1 Å². The molecule has 0 heterocycles. The van der Waals surface area contributed by atoms with E-state index in [1.165, 1.54) is 25.1 Å². The minimum Gasteiger partial charge on any atom is -0.366 e. The third kappa shape index (κ3) is 3.35. The highest BCUT2D eigenvalue weighted by Crippen LogP contribution is 2.27. The Labute approximate surface area is 138 Å². The number of nitrogens with one attached hydrogen (secondary N) is 1. The van der Waals surface area contributed by atoms with Crippen LogP contribution in [0.2, 0.25) is 0 Å². The molecule has 0 bridgehead atoms. The van der Waals surface area contributed by atoms with E-state index in [1.54, 1.807) is 19.1 Å². The molecule has 0 unspecified atom stereocenters. The highest BCUT2D eigenvalue weighted by atomic mass is 32.2. The van der Waals surface area contributed by atoms with E-state index in [4.69, 9.17) is 5.73 Å². The number of aryl methyl sites for hydroxylation is 2. The Balaban J connectivity index is 2.53. The third-order valence-corrected chi connectivity index (χ3v) is 4.81. The first-order chi connectivity index (χ1) is 11.1. The van der Waals surface area contributed by atoms with Gasteiger partial charge in [0.1, 0.15) is 0 Å². The summed E-state index contributed by atoms with van der Waals surface area (Å²) in [6.45, 7) is 3.12. The molecule has 1 amide bonds. The number of nitro benzene ring substituents is 1. The summed E-state index contributed by atoms with van der Waals surface area (Å²) >= 11 is 0. The molecule has 0 aliphatic rings. The molecule has 2 aromatic carbocycles. The number of nitrogens with two attached hydrogens (primary N) is 1. The summed E-state index contributed by atoms with van der Waals surface area (Å²) in [6.07, 6.45) is 0. The van der Waals surface area contributed by atoms with Gasteiger partial charge in [-0.1, -0.05) is 18.2 Å². The predicted octanol–water partition coefficient (Wildman–Crippen LogP) is 2.11. The second-order valence-corrected chi connectivity index (χ2v) is 6.86. The highest BCUT2D eigenvalue weighted by Gasteiger charge is 2.22. The molecule has 0 fully saturated rings. The maximum absolute atomic E-state index is 12.5. The van der Waals surface area contributed by atoms with Gasteiger partial charge in [0.15, 0.2) is 0 Å². The summed E-state index contributed by atoms with van der Waals surface area (Å²) in [5, 5.41) is 11.0. The topological polar surface area (TPSA) is 132 Å². The molecule has 2 aromatic rings. The first-order valence-electron chi connectivity index (χ1n) is 6.81. The smallest absolute Gasteiger partial charge is 0.273 e. The van der Waals surface area contributed by atoms with Crippen LogP contribution in [-0.4, -0.2) is 19.2 Å². The average molecular weight is 349 g/mol. The Kier molecular flexibility index (Phi) is 4.56. The van der Waals surface area contributed by atoms with Gasteiger partial charge < -0.3 is 5.73 Å². The van der Waals surface area contributed by atoms with E-state index in [9.17, 15) is 23.3 Å². The largest absolute Gasteiger partial charge is 0.366 e. The average Bonchev–Trinajstić information content (AvgIpc) is 2.48. The summed E-state index contributed by atoms with van der Waals surface area (Å²) < 4.78 is 27.3. The summed E-state index contributed by atoms with van der Waals surface area (Å²) in [4.78, 5) is 21.5. The quantitative estimate of drug-likeness (QED) is 0.630. The molecular formula is C15H15N3O5S. The first kappa shape index (κ1) is 17.4. The number of nitrogens with zero attached hydrogens (tertiary/aromatic N) is 1. The van der Waals surface area contributed by atoms with Gasteiger partial charge in [-0.15, -0.1) is 0 Å². The van der Waals surface area contributed by atoms with Crippen molar-refractivity contribution in [2.24, 2.45) is 5.73 Å². The van der Waals surface area contributed by atoms with Crippen molar-refractivity contribution in [1.82, 2.24) is 0 Å². The molecule has 2 rings (SSSR count). The lowest BCUT2D eigenvalue weighted by Gasteiger charge is -2.13. The summed E-state index contributed by atoms with van der Waals surface area (Å²) in [6, 6.07) is 8.16. The minimum absolute atomic E-state index is 0.0141. The van der Waals surface area contributed by atoms with Gasteiger partial charge in [-0.05, 0) is 31.5 Å². The maximum Gasteiger partial charge on any atom is 0.273 e. The van der Waals surface area contributed by atoms with E-state index in [0.717, 1.165) is 6.07 Å². The molecule has 0 atom stereocenters. The number of benzene rings is 2. The molecule has 9 heteroatoms. The second-order valence-electron chi connectivity index (χ2n) is 5.17. The van der Waals surface area contributed by atoms with Crippen LogP contribution in [0.4, 0.5) is 11.4 Å². The highest BCUT2D eigenvalue weighted by molar-refractivity contribution is 7.92. The van der Waals surface area contributed by atoms with Crippen LogP contribution in [0.25, 0.3) is 0 Å². The van der Waals surface area contributed by atoms with Crippen molar-refractivity contribution in [2.45, 2.75) is 18.7 Å². The molecule has 0 saturated heterocycles. The van der Waals surface area contributed by atoms with E-state index in [2.05, 4.69) is 4.72 Å². The SMILES string of the molecule is Cc1ccc(S(=O)(=O)Nc2c(C)cccc2C(N)=O)cc1[N+](=O)[O-]. The van der Waals surface area contributed by atoms with Gasteiger partial charge in [0.05, 0.1) is 21.1 Å². The van der Waals surface area contributed by atoms with Gasteiger partial charge in [-0.3, -0.25) is 19.6 Å². The monoisotopic (exact) mass is 349 g/mol. The van der Waals surface area contributed by atoms with Crippen LogP contribution in [-0.2, 0) is 10.0 Å². The van der Waals surface area contributed by atoms with Crippen molar-refractivity contribution in [3.05, 3.63) is 63.2 Å². The van der Waals surface area contributed by atoms with E-state index in [1.807, 2.05) is 0 Å². The van der Waals surface area contributed by atoms with Crippen molar-refractivity contribution in [2.75, 3.05) is 4.72 Å². The van der Waals surface area contributed by atoms with E-state index in [-0.39, 0.29) is 21.8 Å². The fraction of sp³-hybridized carbons (Fsp3) is 0.133. The zero-order chi connectivity index (χ0) is 18.1. The minimum atomic E-state index is -4.13. The molecule has 0 saturated carbocycles. The number of hydrogen-bond acceptors (Lipinski definition) is 5. The number of rotatable bonds is 5. The normalized spacial score (nSPS) is 11.1. The van der Waals surface area contributed by atoms with Crippen LogP contribution < -0.4 is 10.5 Å². The Bertz CT molecular complexity index is 938. The summed E-state index contributed by atoms with van der Waals surface area (Å²) in [7, 11) is -4.13. The number of carbonyl (C=O) groups excluding carboxylic acids is 1. The summed E-state index contributed by atoms with van der Waals surface area (Å²) in [5.41, 5.74) is 5.85. The number of amides is 1. The number of sulfonamides is 1. The number of primary amides is 1. The summed E-state index contributed by atoms with van der Waals surface area (Å²) in [5.74, 6) is -0.786. The van der Waals surface area contributed by atoms with Crippen LogP contribution in [0.15, 0.2) is 41.3 Å². The lowest BCUT2D eigenvalue weighted by molar-refractivity contribution is -0.385. The van der Waals surface area contributed by atoms with Gasteiger partial charge in [-0.25, -0.2) is 8.42 Å².